The zero-order chi connectivity index (χ0) is 12.3. The molecule has 1 aromatic carbocycles. The van der Waals surface area contributed by atoms with Gasteiger partial charge in [0, 0.05) is 6.04 Å². The van der Waals surface area contributed by atoms with Gasteiger partial charge in [0.25, 0.3) is 0 Å². The molecule has 1 N–H and O–H groups in total. The fraction of sp³-hybridized carbons (Fsp3) is 0.333. The zero-order valence-corrected chi connectivity index (χ0v) is 11.5. The van der Waals surface area contributed by atoms with E-state index in [0.29, 0.717) is 10.0 Å². The lowest BCUT2D eigenvalue weighted by Gasteiger charge is -2.13. The number of sulfonamides is 1. The number of nitrogens with one attached hydrogen (secondary N) is 1. The Labute approximate surface area is 110 Å². The largest absolute Gasteiger partial charge is 0.226 e. The van der Waals surface area contributed by atoms with Crippen molar-refractivity contribution in [3.63, 3.8) is 0 Å². The van der Waals surface area contributed by atoms with E-state index < -0.39 is 21.3 Å². The maximum Gasteiger partial charge on any atom is 0.226 e. The Morgan fingerprint density at radius 2 is 1.94 bits per heavy atom. The quantitative estimate of drug-likeness (QED) is 0.868. The fourth-order valence-corrected chi connectivity index (χ4v) is 2.38. The molecule has 1 atom stereocenters. The minimum Gasteiger partial charge on any atom is -0.211 e. The topological polar surface area (TPSA) is 46.2 Å². The minimum atomic E-state index is -3.45. The molecule has 0 aliphatic rings. The van der Waals surface area contributed by atoms with E-state index in [9.17, 15) is 8.42 Å². The number of hydrogen-bond donors (Lipinski definition) is 1. The molecular weight excluding hydrogens is 293 g/mol. The first-order valence-corrected chi connectivity index (χ1v) is 7.31. The van der Waals surface area contributed by atoms with E-state index in [-0.39, 0.29) is 0 Å². The normalized spacial score (nSPS) is 13.8. The molecule has 1 aromatic rings. The van der Waals surface area contributed by atoms with Crippen molar-refractivity contribution in [3.8, 4) is 0 Å². The molecule has 0 aliphatic heterocycles. The molecule has 3 nitrogen and oxygen atoms in total. The van der Waals surface area contributed by atoms with Crippen LogP contribution in [0.5, 0.6) is 0 Å². The van der Waals surface area contributed by atoms with Gasteiger partial charge in [-0.15, -0.1) is 11.6 Å². The van der Waals surface area contributed by atoms with Crippen LogP contribution < -0.4 is 4.72 Å². The highest BCUT2D eigenvalue weighted by atomic mass is 35.5. The third-order valence-corrected chi connectivity index (χ3v) is 4.54. The van der Waals surface area contributed by atoms with Gasteiger partial charge < -0.3 is 0 Å². The van der Waals surface area contributed by atoms with Crippen molar-refractivity contribution in [1.29, 1.82) is 0 Å². The second kappa shape index (κ2) is 5.56. The molecule has 0 spiro atoms. The van der Waals surface area contributed by atoms with Crippen molar-refractivity contribution in [2.75, 3.05) is 5.21 Å². The third kappa shape index (κ3) is 3.79. The molecule has 0 saturated heterocycles. The monoisotopic (exact) mass is 301 g/mol. The number of rotatable bonds is 4. The van der Waals surface area contributed by atoms with Crippen molar-refractivity contribution in [2.24, 2.45) is 0 Å². The van der Waals surface area contributed by atoms with Gasteiger partial charge in [-0.05, 0) is 24.6 Å². The summed E-state index contributed by atoms with van der Waals surface area (Å²) in [6, 6.07) is 4.53. The molecule has 0 aromatic heterocycles. The summed E-state index contributed by atoms with van der Waals surface area (Å²) in [5.74, 6) is 0. The lowest BCUT2D eigenvalue weighted by atomic mass is 10.1. The molecule has 1 unspecified atom stereocenters. The molecule has 90 valence electrons. The molecule has 0 saturated carbocycles. The van der Waals surface area contributed by atoms with Crippen LogP contribution in [0.25, 0.3) is 0 Å². The lowest BCUT2D eigenvalue weighted by molar-refractivity contribution is 0.571. The highest BCUT2D eigenvalue weighted by Gasteiger charge is 2.15. The molecular formula is C9H10Cl3NO2S. The Hall–Kier alpha value is -0.000000000000000111. The average Bonchev–Trinajstić information content (AvgIpc) is 2.21. The predicted octanol–water partition coefficient (Wildman–Crippen LogP) is 3.17. The van der Waals surface area contributed by atoms with Gasteiger partial charge in [-0.25, -0.2) is 13.1 Å². The Bertz CT molecular complexity index is 476. The van der Waals surface area contributed by atoms with E-state index in [0.717, 1.165) is 5.56 Å². The molecule has 0 aliphatic carbocycles. The molecule has 0 bridgehead atoms. The summed E-state index contributed by atoms with van der Waals surface area (Å²) in [6.07, 6.45) is 0. The summed E-state index contributed by atoms with van der Waals surface area (Å²) in [7, 11) is -3.45. The highest BCUT2D eigenvalue weighted by Crippen LogP contribution is 2.25. The molecule has 7 heteroatoms. The maximum atomic E-state index is 11.2. The van der Waals surface area contributed by atoms with Gasteiger partial charge in [0.2, 0.25) is 10.0 Å². The number of halogens is 3. The minimum absolute atomic E-state index is 0.385. The van der Waals surface area contributed by atoms with Crippen LogP contribution in [0.15, 0.2) is 18.2 Å². The Balaban J connectivity index is 2.89. The zero-order valence-electron chi connectivity index (χ0n) is 8.38. The van der Waals surface area contributed by atoms with Crippen molar-refractivity contribution >= 4 is 44.8 Å². The summed E-state index contributed by atoms with van der Waals surface area (Å²) < 4.78 is 24.9. The number of alkyl halides is 1. The molecule has 0 heterocycles. The van der Waals surface area contributed by atoms with Crippen LogP contribution in [0.1, 0.15) is 18.5 Å². The standard InChI is InChI=1S/C9H10Cl3NO2S/c1-6(13-16(14,15)5-10)7-2-3-8(11)9(12)4-7/h2-4,6,13H,5H2,1H3. The molecule has 16 heavy (non-hydrogen) atoms. The van der Waals surface area contributed by atoms with Gasteiger partial charge in [-0.2, -0.15) is 0 Å². The lowest BCUT2D eigenvalue weighted by Crippen LogP contribution is -2.27. The Morgan fingerprint density at radius 1 is 1.31 bits per heavy atom. The van der Waals surface area contributed by atoms with Crippen LogP contribution in [-0.4, -0.2) is 13.6 Å². The van der Waals surface area contributed by atoms with E-state index in [2.05, 4.69) is 4.72 Å². The smallest absolute Gasteiger partial charge is 0.211 e. The fourth-order valence-electron chi connectivity index (χ4n) is 1.15. The molecule has 0 amide bonds. The Kier molecular flexibility index (Phi) is 4.88. The van der Waals surface area contributed by atoms with Gasteiger partial charge in [-0.3, -0.25) is 0 Å². The van der Waals surface area contributed by atoms with Crippen molar-refractivity contribution < 1.29 is 8.42 Å². The van der Waals surface area contributed by atoms with Crippen LogP contribution in [0.2, 0.25) is 10.0 Å². The van der Waals surface area contributed by atoms with E-state index in [1.807, 2.05) is 0 Å². The van der Waals surface area contributed by atoms with E-state index >= 15 is 0 Å². The highest BCUT2D eigenvalue weighted by molar-refractivity contribution is 7.90. The number of benzene rings is 1. The van der Waals surface area contributed by atoms with E-state index in [4.69, 9.17) is 34.8 Å². The Morgan fingerprint density at radius 3 is 2.44 bits per heavy atom. The third-order valence-electron chi connectivity index (χ3n) is 1.94. The first-order chi connectivity index (χ1) is 7.35. The van der Waals surface area contributed by atoms with E-state index in [1.54, 1.807) is 25.1 Å². The van der Waals surface area contributed by atoms with Gasteiger partial charge >= 0.3 is 0 Å². The molecule has 0 fully saturated rings. The van der Waals surface area contributed by atoms with Gasteiger partial charge in [0.05, 0.1) is 10.0 Å². The summed E-state index contributed by atoms with van der Waals surface area (Å²) in [4.78, 5) is 0. The first-order valence-electron chi connectivity index (χ1n) is 4.36. The van der Waals surface area contributed by atoms with Crippen molar-refractivity contribution in [1.82, 2.24) is 4.72 Å². The van der Waals surface area contributed by atoms with Crippen molar-refractivity contribution in [3.05, 3.63) is 33.8 Å². The van der Waals surface area contributed by atoms with Gasteiger partial charge in [0.1, 0.15) is 5.21 Å². The summed E-state index contributed by atoms with van der Waals surface area (Å²) in [5.41, 5.74) is 0.725. The second-order valence-corrected chi connectivity index (χ2v) is 6.39. The summed E-state index contributed by atoms with van der Waals surface area (Å²) >= 11 is 16.9. The molecule has 0 radical (unpaired) electrons. The first kappa shape index (κ1) is 14.1. The maximum absolute atomic E-state index is 11.2. The second-order valence-electron chi connectivity index (χ2n) is 3.24. The molecule has 1 rings (SSSR count). The SMILES string of the molecule is CC(NS(=O)(=O)CCl)c1ccc(Cl)c(Cl)c1. The average molecular weight is 303 g/mol. The van der Waals surface area contributed by atoms with Gasteiger partial charge in [0.15, 0.2) is 0 Å². The van der Waals surface area contributed by atoms with Crippen LogP contribution in [0, 0.1) is 0 Å². The summed E-state index contributed by atoms with van der Waals surface area (Å²) in [5, 5.41) is 0.340. The number of hydrogen-bond acceptors (Lipinski definition) is 2. The van der Waals surface area contributed by atoms with E-state index in [1.165, 1.54) is 0 Å². The predicted molar refractivity (Wildman–Crippen MR) is 67.7 cm³/mol. The van der Waals surface area contributed by atoms with Crippen LogP contribution in [-0.2, 0) is 10.0 Å². The van der Waals surface area contributed by atoms with Crippen LogP contribution in [0.3, 0.4) is 0 Å². The van der Waals surface area contributed by atoms with Crippen molar-refractivity contribution in [2.45, 2.75) is 13.0 Å². The van der Waals surface area contributed by atoms with Gasteiger partial charge in [-0.1, -0.05) is 29.3 Å². The van der Waals surface area contributed by atoms with Crippen LogP contribution >= 0.6 is 34.8 Å². The summed E-state index contributed by atoms with van der Waals surface area (Å²) in [6.45, 7) is 1.70. The van der Waals surface area contributed by atoms with Crippen LogP contribution in [0.4, 0.5) is 0 Å².